The fourth-order valence-electron chi connectivity index (χ4n) is 2.77. The van der Waals surface area contributed by atoms with Gasteiger partial charge < -0.3 is 10.0 Å². The Bertz CT molecular complexity index is 540. The van der Waals surface area contributed by atoms with E-state index < -0.39 is 5.97 Å². The van der Waals surface area contributed by atoms with Gasteiger partial charge in [0.05, 0.1) is 0 Å². The summed E-state index contributed by atoms with van der Waals surface area (Å²) in [6.45, 7) is 0.459. The molecular formula is C15H18N2O3. The second-order valence-electron chi connectivity index (χ2n) is 5.42. The molecule has 1 N–H and O–H groups in total. The third kappa shape index (κ3) is 2.48. The highest BCUT2D eigenvalue weighted by Gasteiger charge is 2.37. The molecule has 1 fully saturated rings. The van der Waals surface area contributed by atoms with E-state index in [-0.39, 0.29) is 18.6 Å². The quantitative estimate of drug-likeness (QED) is 0.918. The van der Waals surface area contributed by atoms with Gasteiger partial charge >= 0.3 is 12.0 Å². The van der Waals surface area contributed by atoms with Crippen LogP contribution >= 0.6 is 0 Å². The first-order chi connectivity index (χ1) is 9.66. The van der Waals surface area contributed by atoms with Gasteiger partial charge in [-0.25, -0.2) is 4.79 Å². The van der Waals surface area contributed by atoms with Crippen molar-refractivity contribution in [3.8, 4) is 0 Å². The van der Waals surface area contributed by atoms with Crippen LogP contribution in [0, 0.1) is 0 Å². The minimum absolute atomic E-state index is 0.104. The molecule has 0 bridgehead atoms. The number of hydrogen-bond acceptors (Lipinski definition) is 2. The number of rotatable bonds is 3. The molecule has 1 aliphatic carbocycles. The molecule has 2 amide bonds. The minimum atomic E-state index is -0.949. The molecular weight excluding hydrogens is 256 g/mol. The second-order valence-corrected chi connectivity index (χ2v) is 5.42. The van der Waals surface area contributed by atoms with E-state index in [1.54, 1.807) is 4.90 Å². The molecule has 0 unspecified atom stereocenters. The summed E-state index contributed by atoms with van der Waals surface area (Å²) in [5, 5.41) is 8.99. The van der Waals surface area contributed by atoms with E-state index in [1.807, 2.05) is 24.3 Å². The van der Waals surface area contributed by atoms with E-state index in [0.29, 0.717) is 6.54 Å². The molecule has 5 heteroatoms. The van der Waals surface area contributed by atoms with Gasteiger partial charge in [-0.2, -0.15) is 0 Å². The fourth-order valence-corrected chi connectivity index (χ4v) is 2.77. The predicted molar refractivity (Wildman–Crippen MR) is 74.9 cm³/mol. The zero-order chi connectivity index (χ0) is 14.1. The predicted octanol–water partition coefficient (Wildman–Crippen LogP) is 2.11. The first kappa shape index (κ1) is 13.0. The number of anilines is 1. The Labute approximate surface area is 117 Å². The van der Waals surface area contributed by atoms with Gasteiger partial charge in [-0.15, -0.1) is 0 Å². The van der Waals surface area contributed by atoms with Crippen molar-refractivity contribution < 1.29 is 14.7 Å². The highest BCUT2D eigenvalue weighted by molar-refractivity contribution is 5.95. The molecule has 1 aromatic rings. The largest absolute Gasteiger partial charge is 0.480 e. The van der Waals surface area contributed by atoms with Gasteiger partial charge in [0.2, 0.25) is 0 Å². The van der Waals surface area contributed by atoms with Crippen molar-refractivity contribution >= 4 is 17.7 Å². The average molecular weight is 274 g/mol. The highest BCUT2D eigenvalue weighted by Crippen LogP contribution is 2.32. The lowest BCUT2D eigenvalue weighted by Gasteiger charge is -2.33. The number of carbonyl (C=O) groups is 2. The molecule has 1 aromatic carbocycles. The number of carbonyl (C=O) groups excluding carboxylic acids is 1. The lowest BCUT2D eigenvalue weighted by Crippen LogP contribution is -2.48. The van der Waals surface area contributed by atoms with Crippen molar-refractivity contribution in [2.75, 3.05) is 18.0 Å². The van der Waals surface area contributed by atoms with Crippen LogP contribution in [0.2, 0.25) is 0 Å². The molecule has 0 saturated heterocycles. The number of urea groups is 1. The molecule has 0 aromatic heterocycles. The van der Waals surface area contributed by atoms with Crippen LogP contribution < -0.4 is 4.90 Å². The van der Waals surface area contributed by atoms with Crippen LogP contribution in [0.25, 0.3) is 0 Å². The Hall–Kier alpha value is -2.04. The monoisotopic (exact) mass is 274 g/mol. The van der Waals surface area contributed by atoms with E-state index in [4.69, 9.17) is 5.11 Å². The fraction of sp³-hybridized carbons (Fsp3) is 0.467. The van der Waals surface area contributed by atoms with Gasteiger partial charge in [-0.3, -0.25) is 9.69 Å². The first-order valence-corrected chi connectivity index (χ1v) is 7.04. The van der Waals surface area contributed by atoms with Crippen molar-refractivity contribution in [2.24, 2.45) is 0 Å². The Balaban J connectivity index is 1.84. The van der Waals surface area contributed by atoms with Gasteiger partial charge in [0.25, 0.3) is 0 Å². The Morgan fingerprint density at radius 2 is 2.05 bits per heavy atom. The summed E-state index contributed by atoms with van der Waals surface area (Å²) in [4.78, 5) is 26.9. The first-order valence-electron chi connectivity index (χ1n) is 7.04. The number of aryl methyl sites for hydroxylation is 1. The van der Waals surface area contributed by atoms with E-state index in [2.05, 4.69) is 0 Å². The zero-order valence-corrected chi connectivity index (χ0v) is 11.3. The Morgan fingerprint density at radius 1 is 1.30 bits per heavy atom. The lowest BCUT2D eigenvalue weighted by molar-refractivity contribution is -0.137. The molecule has 1 saturated carbocycles. The minimum Gasteiger partial charge on any atom is -0.480 e. The number of benzene rings is 1. The molecule has 20 heavy (non-hydrogen) atoms. The van der Waals surface area contributed by atoms with Crippen LogP contribution in [0.15, 0.2) is 24.3 Å². The van der Waals surface area contributed by atoms with E-state index in [1.165, 1.54) is 4.90 Å². The zero-order valence-electron chi connectivity index (χ0n) is 11.3. The number of carboxylic acid groups (broad SMARTS) is 1. The molecule has 0 atom stereocenters. The summed E-state index contributed by atoms with van der Waals surface area (Å²) in [5.74, 6) is -0.949. The van der Waals surface area contributed by atoms with E-state index in [9.17, 15) is 9.59 Å². The maximum Gasteiger partial charge on any atom is 0.325 e. The van der Waals surface area contributed by atoms with Crippen molar-refractivity contribution in [1.29, 1.82) is 0 Å². The summed E-state index contributed by atoms with van der Waals surface area (Å²) in [5.41, 5.74) is 2.10. The molecule has 2 aliphatic rings. The van der Waals surface area contributed by atoms with Crippen LogP contribution in [0.5, 0.6) is 0 Å². The molecule has 5 nitrogen and oxygen atoms in total. The number of fused-ring (bicyclic) bond motifs is 1. The third-order valence-corrected chi connectivity index (χ3v) is 3.88. The SMILES string of the molecule is O=C(O)CN(C(=O)N1CCCc2ccccc21)C1CC1. The van der Waals surface area contributed by atoms with Crippen LogP contribution in [0.3, 0.4) is 0 Å². The van der Waals surface area contributed by atoms with Crippen LogP contribution in [-0.2, 0) is 11.2 Å². The smallest absolute Gasteiger partial charge is 0.325 e. The summed E-state index contributed by atoms with van der Waals surface area (Å²) in [6, 6.07) is 7.81. The van der Waals surface area contributed by atoms with Crippen LogP contribution in [-0.4, -0.2) is 41.1 Å². The Kier molecular flexibility index (Phi) is 3.34. The number of amides is 2. The maximum absolute atomic E-state index is 12.7. The van der Waals surface area contributed by atoms with Gasteiger partial charge in [0.15, 0.2) is 0 Å². The number of para-hydroxylation sites is 1. The summed E-state index contributed by atoms with van der Waals surface area (Å²) >= 11 is 0. The third-order valence-electron chi connectivity index (χ3n) is 3.88. The average Bonchev–Trinajstić information content (AvgIpc) is 3.28. The molecule has 106 valence electrons. The van der Waals surface area contributed by atoms with Crippen molar-refractivity contribution in [3.63, 3.8) is 0 Å². The summed E-state index contributed by atoms with van der Waals surface area (Å²) in [7, 11) is 0. The summed E-state index contributed by atoms with van der Waals surface area (Å²) < 4.78 is 0. The van der Waals surface area contributed by atoms with Gasteiger partial charge in [-0.05, 0) is 37.3 Å². The van der Waals surface area contributed by atoms with E-state index >= 15 is 0 Å². The number of nitrogens with zero attached hydrogens (tertiary/aromatic N) is 2. The van der Waals surface area contributed by atoms with Crippen molar-refractivity contribution in [2.45, 2.75) is 31.7 Å². The maximum atomic E-state index is 12.7. The van der Waals surface area contributed by atoms with Crippen LogP contribution in [0.1, 0.15) is 24.8 Å². The number of carboxylic acids is 1. The topological polar surface area (TPSA) is 60.9 Å². The molecule has 3 rings (SSSR count). The van der Waals surface area contributed by atoms with Gasteiger partial charge in [0, 0.05) is 18.3 Å². The Morgan fingerprint density at radius 3 is 2.75 bits per heavy atom. The normalized spacial score (nSPS) is 17.5. The number of aliphatic carboxylic acids is 1. The summed E-state index contributed by atoms with van der Waals surface area (Å²) in [6.07, 6.45) is 3.72. The van der Waals surface area contributed by atoms with Gasteiger partial charge in [0.1, 0.15) is 6.54 Å². The van der Waals surface area contributed by atoms with Gasteiger partial charge in [-0.1, -0.05) is 18.2 Å². The highest BCUT2D eigenvalue weighted by atomic mass is 16.4. The van der Waals surface area contributed by atoms with Crippen molar-refractivity contribution in [1.82, 2.24) is 4.90 Å². The number of hydrogen-bond donors (Lipinski definition) is 1. The lowest BCUT2D eigenvalue weighted by atomic mass is 10.0. The molecule has 0 spiro atoms. The second kappa shape index (κ2) is 5.15. The molecule has 0 radical (unpaired) electrons. The molecule has 1 heterocycles. The van der Waals surface area contributed by atoms with Crippen LogP contribution in [0.4, 0.5) is 10.5 Å². The van der Waals surface area contributed by atoms with E-state index in [0.717, 1.165) is 36.9 Å². The van der Waals surface area contributed by atoms with Crippen molar-refractivity contribution in [3.05, 3.63) is 29.8 Å². The molecule has 1 aliphatic heterocycles. The standard InChI is InChI=1S/C15H18N2O3/c18-14(19)10-17(12-7-8-12)15(20)16-9-3-5-11-4-1-2-6-13(11)16/h1-2,4,6,12H,3,5,7-10H2,(H,18,19).